The highest BCUT2D eigenvalue weighted by Gasteiger charge is 2.24. The van der Waals surface area contributed by atoms with Crippen molar-refractivity contribution in [1.29, 1.82) is 0 Å². The van der Waals surface area contributed by atoms with Crippen molar-refractivity contribution >= 4 is 50.6 Å². The van der Waals surface area contributed by atoms with Gasteiger partial charge in [0.05, 0.1) is 18.0 Å². The van der Waals surface area contributed by atoms with Crippen LogP contribution in [0.25, 0.3) is 11.3 Å². The van der Waals surface area contributed by atoms with E-state index in [9.17, 15) is 9.18 Å². The van der Waals surface area contributed by atoms with E-state index in [1.165, 1.54) is 59.4 Å². The highest BCUT2D eigenvalue weighted by atomic mass is 32.2. The number of thioether (sulfide) groups is 1. The summed E-state index contributed by atoms with van der Waals surface area (Å²) in [6.45, 7) is 0.418. The van der Waals surface area contributed by atoms with Crippen molar-refractivity contribution in [3.8, 4) is 11.3 Å². The highest BCUT2D eigenvalue weighted by molar-refractivity contribution is 8.01. The molecule has 1 fully saturated rings. The summed E-state index contributed by atoms with van der Waals surface area (Å²) in [7, 11) is 0. The molecule has 33 heavy (non-hydrogen) atoms. The molecule has 0 bridgehead atoms. The van der Waals surface area contributed by atoms with Crippen LogP contribution in [0.4, 0.5) is 14.7 Å². The van der Waals surface area contributed by atoms with Gasteiger partial charge in [0.1, 0.15) is 5.82 Å². The molecule has 2 heterocycles. The van der Waals surface area contributed by atoms with Crippen LogP contribution in [0.5, 0.6) is 0 Å². The molecule has 4 aromatic rings. The monoisotopic (exact) mass is 497 g/mol. The van der Waals surface area contributed by atoms with Crippen LogP contribution in [-0.4, -0.2) is 32.9 Å². The predicted molar refractivity (Wildman–Crippen MR) is 132 cm³/mol. The number of thiazole rings is 1. The Morgan fingerprint density at radius 2 is 1.91 bits per heavy atom. The van der Waals surface area contributed by atoms with Crippen molar-refractivity contribution < 1.29 is 9.18 Å². The van der Waals surface area contributed by atoms with Gasteiger partial charge < -0.3 is 5.32 Å². The van der Waals surface area contributed by atoms with E-state index in [-0.39, 0.29) is 17.5 Å². The van der Waals surface area contributed by atoms with Gasteiger partial charge in [-0.3, -0.25) is 9.69 Å². The van der Waals surface area contributed by atoms with E-state index in [4.69, 9.17) is 0 Å². The van der Waals surface area contributed by atoms with E-state index in [1.807, 2.05) is 35.7 Å². The first kappa shape index (κ1) is 22.0. The molecule has 0 saturated heterocycles. The van der Waals surface area contributed by atoms with Crippen LogP contribution < -0.4 is 10.2 Å². The number of nitrogens with zero attached hydrogens (tertiary/aromatic N) is 4. The number of hydrogen-bond donors (Lipinski definition) is 1. The first-order chi connectivity index (χ1) is 16.1. The lowest BCUT2D eigenvalue weighted by molar-refractivity contribution is -0.116. The second kappa shape index (κ2) is 9.98. The largest absolute Gasteiger partial charge is 0.357 e. The summed E-state index contributed by atoms with van der Waals surface area (Å²) in [5, 5.41) is 15.0. The molecule has 2 aromatic heterocycles. The lowest BCUT2D eigenvalue weighted by Gasteiger charge is -2.19. The summed E-state index contributed by atoms with van der Waals surface area (Å²) in [4.78, 5) is 19.7. The smallest absolute Gasteiger partial charge is 0.239 e. The number of rotatable bonds is 9. The molecule has 0 unspecified atom stereocenters. The number of carbonyl (C=O) groups is 1. The van der Waals surface area contributed by atoms with Crippen LogP contribution in [0.15, 0.2) is 64.3 Å². The van der Waals surface area contributed by atoms with Crippen molar-refractivity contribution in [2.45, 2.75) is 29.8 Å². The van der Waals surface area contributed by atoms with Crippen LogP contribution in [0.1, 0.15) is 18.4 Å². The van der Waals surface area contributed by atoms with Gasteiger partial charge >= 0.3 is 0 Å². The molecular formula is C23H20FN5OS3. The molecule has 0 radical (unpaired) electrons. The van der Waals surface area contributed by atoms with E-state index in [1.54, 1.807) is 17.0 Å². The van der Waals surface area contributed by atoms with Gasteiger partial charge in [0.25, 0.3) is 0 Å². The van der Waals surface area contributed by atoms with Gasteiger partial charge in [-0.05, 0) is 42.7 Å². The average Bonchev–Trinajstić information content (AvgIpc) is 3.31. The molecule has 1 aliphatic carbocycles. The van der Waals surface area contributed by atoms with Crippen molar-refractivity contribution in [3.05, 3.63) is 71.4 Å². The topological polar surface area (TPSA) is 71.0 Å². The zero-order valence-corrected chi connectivity index (χ0v) is 19.9. The number of amides is 1. The Morgan fingerprint density at radius 3 is 2.67 bits per heavy atom. The third-order valence-corrected chi connectivity index (χ3v) is 7.81. The fourth-order valence-electron chi connectivity index (χ4n) is 3.10. The third-order valence-electron chi connectivity index (χ3n) is 4.98. The molecule has 1 saturated carbocycles. The standard InChI is InChI=1S/C23H20FN5OS3/c24-17-8-6-16(7-9-17)19-13-31-22(26-19)29(12-15-4-2-1-3-5-15)20(30)14-32-23-28-27-21(33-23)25-18-10-11-18/h1-9,13,18H,10-12,14H2,(H,25,27). The Balaban J connectivity index is 1.32. The zero-order chi connectivity index (χ0) is 22.6. The van der Waals surface area contributed by atoms with Gasteiger partial charge in [-0.1, -0.05) is 53.4 Å². The maximum Gasteiger partial charge on any atom is 0.239 e. The van der Waals surface area contributed by atoms with Crippen molar-refractivity contribution in [3.63, 3.8) is 0 Å². The van der Waals surface area contributed by atoms with E-state index < -0.39 is 0 Å². The Labute approximate surface area is 202 Å². The van der Waals surface area contributed by atoms with Gasteiger partial charge in [0, 0.05) is 17.0 Å². The van der Waals surface area contributed by atoms with E-state index in [2.05, 4.69) is 20.5 Å². The van der Waals surface area contributed by atoms with E-state index >= 15 is 0 Å². The SMILES string of the molecule is O=C(CSc1nnc(NC2CC2)s1)N(Cc1ccccc1)c1nc(-c2ccc(F)cc2)cs1. The van der Waals surface area contributed by atoms with Crippen LogP contribution in [-0.2, 0) is 11.3 Å². The minimum atomic E-state index is -0.292. The van der Waals surface area contributed by atoms with Crippen molar-refractivity contribution in [2.24, 2.45) is 0 Å². The molecule has 1 amide bonds. The normalized spacial score (nSPS) is 13.1. The molecule has 0 atom stereocenters. The third kappa shape index (κ3) is 5.76. The summed E-state index contributed by atoms with van der Waals surface area (Å²) >= 11 is 4.26. The Morgan fingerprint density at radius 1 is 1.12 bits per heavy atom. The quantitative estimate of drug-likeness (QED) is 0.299. The summed E-state index contributed by atoms with van der Waals surface area (Å²) in [6.07, 6.45) is 2.34. The highest BCUT2D eigenvalue weighted by Crippen LogP contribution is 2.32. The van der Waals surface area contributed by atoms with Gasteiger partial charge in [-0.2, -0.15) is 0 Å². The molecule has 10 heteroatoms. The summed E-state index contributed by atoms with van der Waals surface area (Å²) in [5.74, 6) is -0.119. The maximum atomic E-state index is 13.3. The maximum absolute atomic E-state index is 13.3. The molecule has 5 rings (SSSR count). The Bertz CT molecular complexity index is 1220. The molecular weight excluding hydrogens is 477 g/mol. The van der Waals surface area contributed by atoms with Crippen molar-refractivity contribution in [1.82, 2.24) is 15.2 Å². The number of hydrogen-bond acceptors (Lipinski definition) is 8. The molecule has 0 aliphatic heterocycles. The lowest BCUT2D eigenvalue weighted by atomic mass is 10.2. The summed E-state index contributed by atoms with van der Waals surface area (Å²) < 4.78 is 14.1. The molecule has 6 nitrogen and oxygen atoms in total. The second-order valence-corrected chi connectivity index (χ2v) is 10.6. The number of benzene rings is 2. The fourth-order valence-corrected chi connectivity index (χ4v) is 5.66. The van der Waals surface area contributed by atoms with Crippen LogP contribution >= 0.6 is 34.4 Å². The molecule has 0 spiro atoms. The Kier molecular flexibility index (Phi) is 6.65. The zero-order valence-electron chi connectivity index (χ0n) is 17.5. The Hall–Kier alpha value is -2.82. The minimum Gasteiger partial charge on any atom is -0.357 e. The van der Waals surface area contributed by atoms with Crippen LogP contribution in [0.3, 0.4) is 0 Å². The van der Waals surface area contributed by atoms with Gasteiger partial charge in [0.2, 0.25) is 11.0 Å². The average molecular weight is 498 g/mol. The number of carbonyl (C=O) groups excluding carboxylic acids is 1. The molecule has 1 aliphatic rings. The predicted octanol–water partition coefficient (Wildman–Crippen LogP) is 5.70. The van der Waals surface area contributed by atoms with Gasteiger partial charge in [-0.25, -0.2) is 9.37 Å². The van der Waals surface area contributed by atoms with Gasteiger partial charge in [0.15, 0.2) is 9.47 Å². The number of halogens is 1. The lowest BCUT2D eigenvalue weighted by Crippen LogP contribution is -2.31. The number of anilines is 2. The fraction of sp³-hybridized carbons (Fsp3) is 0.217. The van der Waals surface area contributed by atoms with Crippen LogP contribution in [0, 0.1) is 5.82 Å². The summed E-state index contributed by atoms with van der Waals surface area (Å²) in [5.41, 5.74) is 2.54. The molecule has 1 N–H and O–H groups in total. The minimum absolute atomic E-state index is 0.0595. The molecule has 2 aromatic carbocycles. The van der Waals surface area contributed by atoms with E-state index in [0.29, 0.717) is 23.4 Å². The van der Waals surface area contributed by atoms with Crippen molar-refractivity contribution in [2.75, 3.05) is 16.0 Å². The van der Waals surface area contributed by atoms with E-state index in [0.717, 1.165) is 20.6 Å². The first-order valence-electron chi connectivity index (χ1n) is 10.4. The first-order valence-corrected chi connectivity index (χ1v) is 13.1. The van der Waals surface area contributed by atoms with Gasteiger partial charge in [-0.15, -0.1) is 21.5 Å². The number of aromatic nitrogens is 3. The molecule has 168 valence electrons. The number of nitrogens with one attached hydrogen (secondary N) is 1. The second-order valence-electron chi connectivity index (χ2n) is 7.57. The van der Waals surface area contributed by atoms with Crippen LogP contribution in [0.2, 0.25) is 0 Å². The summed E-state index contributed by atoms with van der Waals surface area (Å²) in [6, 6.07) is 16.5.